The molecule has 2 N–H and O–H groups in total. The van der Waals surface area contributed by atoms with Gasteiger partial charge in [0.1, 0.15) is 5.69 Å². The highest BCUT2D eigenvalue weighted by atomic mass is 19.4. The first-order valence-corrected chi connectivity index (χ1v) is 4.61. The van der Waals surface area contributed by atoms with Gasteiger partial charge in [0.2, 0.25) is 0 Å². The molecule has 0 radical (unpaired) electrons. The number of rotatable bonds is 2. The average molecular weight is 302 g/mol. The van der Waals surface area contributed by atoms with Gasteiger partial charge in [0.05, 0.1) is 17.4 Å². The summed E-state index contributed by atoms with van der Waals surface area (Å²) in [6.07, 6.45) is -10.1. The van der Waals surface area contributed by atoms with E-state index in [1.165, 1.54) is 0 Å². The Labute approximate surface area is 106 Å². The van der Waals surface area contributed by atoms with E-state index >= 15 is 0 Å². The van der Waals surface area contributed by atoms with Crippen molar-refractivity contribution in [3.05, 3.63) is 23.5 Å². The van der Waals surface area contributed by atoms with Crippen molar-refractivity contribution in [3.63, 3.8) is 0 Å². The molecule has 0 spiro atoms. The van der Waals surface area contributed by atoms with E-state index in [1.54, 1.807) is 0 Å². The Morgan fingerprint density at radius 3 is 2.10 bits per heavy atom. The molecule has 0 saturated carbocycles. The number of alkyl halides is 6. The van der Waals surface area contributed by atoms with Crippen molar-refractivity contribution < 1.29 is 41.0 Å². The minimum Gasteiger partial charge on any atom is -0.478 e. The topological polar surface area (TPSA) is 79.3 Å². The molecule has 5 nitrogen and oxygen atoms in total. The maximum absolute atomic E-state index is 12.3. The SMILES string of the molecule is O=C(O)c1cc(C(F)(F)F)ncc1NC(=O)C(F)(F)F. The number of pyridine rings is 1. The number of anilines is 1. The lowest BCUT2D eigenvalue weighted by Crippen LogP contribution is -2.30. The van der Waals surface area contributed by atoms with Crippen LogP contribution in [0.25, 0.3) is 0 Å². The normalized spacial score (nSPS) is 12.1. The summed E-state index contributed by atoms with van der Waals surface area (Å²) < 4.78 is 72.8. The molecular formula is C9H4F6N2O3. The van der Waals surface area contributed by atoms with Crippen LogP contribution in [0.4, 0.5) is 32.0 Å². The Morgan fingerprint density at radius 2 is 1.70 bits per heavy atom. The van der Waals surface area contributed by atoms with Crippen molar-refractivity contribution in [2.75, 3.05) is 5.32 Å². The molecule has 0 aliphatic carbocycles. The Bertz CT molecular complexity index is 552. The molecule has 0 aliphatic heterocycles. The van der Waals surface area contributed by atoms with Crippen molar-refractivity contribution in [3.8, 4) is 0 Å². The van der Waals surface area contributed by atoms with Crippen LogP contribution in [-0.2, 0) is 11.0 Å². The molecule has 0 bridgehead atoms. The number of amides is 1. The number of carboxylic acid groups (broad SMARTS) is 1. The number of aromatic nitrogens is 1. The minimum absolute atomic E-state index is 0.0221. The third kappa shape index (κ3) is 3.59. The van der Waals surface area contributed by atoms with Crippen molar-refractivity contribution in [1.29, 1.82) is 0 Å². The third-order valence-electron chi connectivity index (χ3n) is 1.93. The highest BCUT2D eigenvalue weighted by molar-refractivity contribution is 6.02. The first-order chi connectivity index (χ1) is 8.93. The molecule has 0 atom stereocenters. The van der Waals surface area contributed by atoms with E-state index < -0.39 is 41.2 Å². The maximum atomic E-state index is 12.3. The Hall–Kier alpha value is -2.33. The summed E-state index contributed by atoms with van der Waals surface area (Å²) in [5.41, 5.74) is -3.77. The number of nitrogens with one attached hydrogen (secondary N) is 1. The van der Waals surface area contributed by atoms with Crippen molar-refractivity contribution >= 4 is 17.6 Å². The van der Waals surface area contributed by atoms with Crippen molar-refractivity contribution in [2.24, 2.45) is 0 Å². The predicted octanol–water partition coefficient (Wildman–Crippen LogP) is 2.30. The third-order valence-corrected chi connectivity index (χ3v) is 1.93. The van der Waals surface area contributed by atoms with E-state index in [0.717, 1.165) is 5.32 Å². The van der Waals surface area contributed by atoms with Gasteiger partial charge in [-0.3, -0.25) is 4.79 Å². The molecular weight excluding hydrogens is 298 g/mol. The Balaban J connectivity index is 3.22. The lowest BCUT2D eigenvalue weighted by Gasteiger charge is -2.12. The van der Waals surface area contributed by atoms with Crippen LogP contribution in [-0.4, -0.2) is 28.1 Å². The standard InChI is InChI=1S/C9H4F6N2O3/c10-8(11,12)5-1-3(6(18)19)4(2-16-5)17-7(20)9(13,14)15/h1-2H,(H,17,20)(H,18,19). The van der Waals surface area contributed by atoms with Gasteiger partial charge in [0.15, 0.2) is 0 Å². The largest absolute Gasteiger partial charge is 0.478 e. The van der Waals surface area contributed by atoms with Crippen LogP contribution in [0, 0.1) is 0 Å². The van der Waals surface area contributed by atoms with Crippen LogP contribution in [0.5, 0.6) is 0 Å². The summed E-state index contributed by atoms with van der Waals surface area (Å²) in [5, 5.41) is 9.78. The van der Waals surface area contributed by atoms with E-state index in [1.807, 2.05) is 0 Å². The van der Waals surface area contributed by atoms with E-state index in [4.69, 9.17) is 5.11 Å². The van der Waals surface area contributed by atoms with Gasteiger partial charge < -0.3 is 10.4 Å². The van der Waals surface area contributed by atoms with Crippen molar-refractivity contribution in [2.45, 2.75) is 12.4 Å². The van der Waals surface area contributed by atoms with E-state index in [2.05, 4.69) is 4.98 Å². The molecule has 1 aromatic rings. The van der Waals surface area contributed by atoms with Gasteiger partial charge in [-0.05, 0) is 6.07 Å². The summed E-state index contributed by atoms with van der Waals surface area (Å²) in [4.78, 5) is 24.1. The zero-order valence-electron chi connectivity index (χ0n) is 9.13. The average Bonchev–Trinajstić information content (AvgIpc) is 2.26. The molecule has 0 unspecified atom stereocenters. The molecule has 1 rings (SSSR count). The Kier molecular flexibility index (Phi) is 3.92. The number of aromatic carboxylic acids is 1. The van der Waals surface area contributed by atoms with Crippen LogP contribution in [0.15, 0.2) is 12.3 Å². The molecule has 0 aromatic carbocycles. The monoisotopic (exact) mass is 302 g/mol. The van der Waals surface area contributed by atoms with Crippen molar-refractivity contribution in [1.82, 2.24) is 4.98 Å². The van der Waals surface area contributed by atoms with Crippen LogP contribution < -0.4 is 5.32 Å². The summed E-state index contributed by atoms with van der Waals surface area (Å²) in [7, 11) is 0. The molecule has 110 valence electrons. The van der Waals surface area contributed by atoms with E-state index in [-0.39, 0.29) is 12.3 Å². The summed E-state index contributed by atoms with van der Waals surface area (Å²) in [6, 6.07) is 0.0221. The molecule has 0 saturated heterocycles. The molecule has 20 heavy (non-hydrogen) atoms. The fourth-order valence-corrected chi connectivity index (χ4v) is 1.08. The Morgan fingerprint density at radius 1 is 1.15 bits per heavy atom. The molecule has 1 aromatic heterocycles. The van der Waals surface area contributed by atoms with Gasteiger partial charge in [-0.15, -0.1) is 0 Å². The quantitative estimate of drug-likeness (QED) is 0.822. The van der Waals surface area contributed by atoms with E-state index in [0.29, 0.717) is 0 Å². The second-order valence-corrected chi connectivity index (χ2v) is 3.37. The summed E-state index contributed by atoms with van der Waals surface area (Å²) in [5.74, 6) is -4.48. The maximum Gasteiger partial charge on any atom is 0.471 e. The molecule has 11 heteroatoms. The fraction of sp³-hybridized carbons (Fsp3) is 0.222. The zero-order valence-corrected chi connectivity index (χ0v) is 9.13. The predicted molar refractivity (Wildman–Crippen MR) is 50.9 cm³/mol. The second kappa shape index (κ2) is 4.98. The van der Waals surface area contributed by atoms with Gasteiger partial charge in [-0.25, -0.2) is 9.78 Å². The number of carbonyl (C=O) groups excluding carboxylic acids is 1. The van der Waals surface area contributed by atoms with Crippen LogP contribution in [0.3, 0.4) is 0 Å². The number of carboxylic acids is 1. The lowest BCUT2D eigenvalue weighted by atomic mass is 10.2. The van der Waals surface area contributed by atoms with Crippen LogP contribution in [0.2, 0.25) is 0 Å². The van der Waals surface area contributed by atoms with Gasteiger partial charge in [-0.2, -0.15) is 26.3 Å². The highest BCUT2D eigenvalue weighted by Gasteiger charge is 2.40. The number of hydrogen-bond donors (Lipinski definition) is 2. The van der Waals surface area contributed by atoms with Gasteiger partial charge in [0, 0.05) is 0 Å². The first-order valence-electron chi connectivity index (χ1n) is 4.61. The number of hydrogen-bond acceptors (Lipinski definition) is 3. The van der Waals surface area contributed by atoms with Gasteiger partial charge in [-0.1, -0.05) is 0 Å². The van der Waals surface area contributed by atoms with Gasteiger partial charge in [0.25, 0.3) is 0 Å². The van der Waals surface area contributed by atoms with Gasteiger partial charge >= 0.3 is 24.2 Å². The number of nitrogens with zero attached hydrogens (tertiary/aromatic N) is 1. The zero-order chi connectivity index (χ0) is 15.7. The molecule has 0 aliphatic rings. The highest BCUT2D eigenvalue weighted by Crippen LogP contribution is 2.30. The van der Waals surface area contributed by atoms with E-state index in [9.17, 15) is 35.9 Å². The summed E-state index contributed by atoms with van der Waals surface area (Å²) >= 11 is 0. The summed E-state index contributed by atoms with van der Waals surface area (Å²) in [6.45, 7) is 0. The molecule has 1 amide bonds. The first kappa shape index (κ1) is 15.7. The number of halogens is 6. The lowest BCUT2D eigenvalue weighted by molar-refractivity contribution is -0.167. The second-order valence-electron chi connectivity index (χ2n) is 3.37. The molecule has 1 heterocycles. The van der Waals surface area contributed by atoms with Crippen LogP contribution in [0.1, 0.15) is 16.1 Å². The van der Waals surface area contributed by atoms with Crippen LogP contribution >= 0.6 is 0 Å². The smallest absolute Gasteiger partial charge is 0.471 e. The minimum atomic E-state index is -5.32. The number of carbonyl (C=O) groups is 2. The fourth-order valence-electron chi connectivity index (χ4n) is 1.08. The molecule has 0 fully saturated rings.